The molecule has 1 aliphatic rings. The number of ketones is 1. The molecular formula is C29H25NO3. The van der Waals surface area contributed by atoms with Crippen LogP contribution in [0.15, 0.2) is 97.1 Å². The molecule has 0 unspecified atom stereocenters. The van der Waals surface area contributed by atoms with Gasteiger partial charge in [0.15, 0.2) is 5.78 Å². The Labute approximate surface area is 193 Å². The van der Waals surface area contributed by atoms with Gasteiger partial charge in [0, 0.05) is 17.7 Å². The number of allylic oxidation sites excluding steroid dienone is 1. The molecule has 0 atom stereocenters. The lowest BCUT2D eigenvalue weighted by molar-refractivity contribution is -0.119. The predicted octanol–water partition coefficient (Wildman–Crippen LogP) is 5.58. The molecule has 1 aliphatic heterocycles. The van der Waals surface area contributed by atoms with E-state index in [0.717, 1.165) is 31.2 Å². The molecule has 4 heteroatoms. The summed E-state index contributed by atoms with van der Waals surface area (Å²) < 4.78 is 0. The molecule has 0 radical (unpaired) electrons. The van der Waals surface area contributed by atoms with Crippen LogP contribution in [0.5, 0.6) is 0 Å². The van der Waals surface area contributed by atoms with Gasteiger partial charge in [-0.05, 0) is 60.6 Å². The van der Waals surface area contributed by atoms with Crippen LogP contribution in [0.1, 0.15) is 39.9 Å². The van der Waals surface area contributed by atoms with Gasteiger partial charge < -0.3 is 0 Å². The van der Waals surface area contributed by atoms with Crippen LogP contribution in [0.25, 0.3) is 6.08 Å². The average molecular weight is 436 g/mol. The Bertz CT molecular complexity index is 1170. The topological polar surface area (TPSA) is 54.5 Å². The largest absolute Gasteiger partial charge is 0.289 e. The average Bonchev–Trinajstić information content (AvgIpc) is 3.19. The summed E-state index contributed by atoms with van der Waals surface area (Å²) in [6, 6.07) is 25.2. The van der Waals surface area contributed by atoms with E-state index in [4.69, 9.17) is 0 Å². The summed E-state index contributed by atoms with van der Waals surface area (Å²) in [5, 5.41) is 0. The number of carbonyl (C=O) groups excluding carboxylic acids is 3. The minimum atomic E-state index is -0.294. The summed E-state index contributed by atoms with van der Waals surface area (Å²) in [4.78, 5) is 36.9. The van der Waals surface area contributed by atoms with Gasteiger partial charge >= 0.3 is 0 Å². The van der Waals surface area contributed by atoms with Gasteiger partial charge in [-0.1, -0.05) is 72.8 Å². The van der Waals surface area contributed by atoms with Crippen molar-refractivity contribution in [2.24, 2.45) is 0 Å². The number of nitrogens with zero attached hydrogens (tertiary/aromatic N) is 1. The molecule has 2 amide bonds. The third-order valence-electron chi connectivity index (χ3n) is 5.65. The summed E-state index contributed by atoms with van der Waals surface area (Å²) in [5.74, 6) is -0.586. The fourth-order valence-corrected chi connectivity index (χ4v) is 3.79. The monoisotopic (exact) mass is 435 g/mol. The number of unbranched alkanes of at least 4 members (excludes halogenated alkanes) is 1. The maximum Gasteiger partial charge on any atom is 0.258 e. The molecular weight excluding hydrogens is 410 g/mol. The van der Waals surface area contributed by atoms with Crippen LogP contribution in [0.3, 0.4) is 0 Å². The van der Waals surface area contributed by atoms with Crippen LogP contribution in [0.4, 0.5) is 5.69 Å². The highest BCUT2D eigenvalue weighted by Crippen LogP contribution is 2.20. The first kappa shape index (κ1) is 22.2. The zero-order valence-corrected chi connectivity index (χ0v) is 18.3. The molecule has 4 nitrogen and oxygen atoms in total. The Hall–Kier alpha value is -4.05. The summed E-state index contributed by atoms with van der Waals surface area (Å²) in [6.07, 6.45) is 10.1. The molecule has 33 heavy (non-hydrogen) atoms. The molecule has 1 heterocycles. The van der Waals surface area contributed by atoms with Crippen molar-refractivity contribution in [1.82, 2.24) is 0 Å². The van der Waals surface area contributed by atoms with Crippen molar-refractivity contribution in [3.05, 3.63) is 119 Å². The van der Waals surface area contributed by atoms with Crippen LogP contribution in [-0.4, -0.2) is 17.6 Å². The lowest BCUT2D eigenvalue weighted by atomic mass is 10.0. The fourth-order valence-electron chi connectivity index (χ4n) is 3.79. The van der Waals surface area contributed by atoms with Crippen molar-refractivity contribution in [1.29, 1.82) is 0 Å². The zero-order chi connectivity index (χ0) is 23.0. The lowest BCUT2D eigenvalue weighted by Crippen LogP contribution is -2.29. The molecule has 0 saturated carbocycles. The number of amides is 2. The second-order valence-electron chi connectivity index (χ2n) is 8.02. The summed E-state index contributed by atoms with van der Waals surface area (Å²) in [7, 11) is 0. The number of hydrogen-bond donors (Lipinski definition) is 0. The van der Waals surface area contributed by atoms with E-state index >= 15 is 0 Å². The molecule has 0 spiro atoms. The van der Waals surface area contributed by atoms with Crippen molar-refractivity contribution in [3.63, 3.8) is 0 Å². The first-order valence-corrected chi connectivity index (χ1v) is 11.1. The van der Waals surface area contributed by atoms with E-state index in [1.54, 1.807) is 6.08 Å². The van der Waals surface area contributed by atoms with Crippen LogP contribution in [0, 0.1) is 0 Å². The Kier molecular flexibility index (Phi) is 7.06. The normalized spacial score (nSPS) is 13.3. The Balaban J connectivity index is 1.22. The Morgan fingerprint density at radius 3 is 1.82 bits per heavy atom. The molecule has 0 aromatic heterocycles. The Morgan fingerprint density at radius 2 is 1.24 bits per heavy atom. The lowest BCUT2D eigenvalue weighted by Gasteiger charge is -2.14. The van der Waals surface area contributed by atoms with Gasteiger partial charge in [-0.15, -0.1) is 0 Å². The highest BCUT2D eigenvalue weighted by molar-refractivity contribution is 6.28. The predicted molar refractivity (Wildman–Crippen MR) is 131 cm³/mol. The van der Waals surface area contributed by atoms with Gasteiger partial charge in [-0.3, -0.25) is 14.4 Å². The second-order valence-corrected chi connectivity index (χ2v) is 8.02. The van der Waals surface area contributed by atoms with Crippen molar-refractivity contribution in [3.8, 4) is 0 Å². The SMILES string of the molecule is O=C(C=Cc1ccc(CCCCc2ccc(N3C(=O)C=CC3=O)cc2)cc1)c1ccccc1. The number of anilines is 1. The number of carbonyl (C=O) groups is 3. The molecule has 0 saturated heterocycles. The summed E-state index contributed by atoms with van der Waals surface area (Å²) >= 11 is 0. The first-order chi connectivity index (χ1) is 16.1. The van der Waals surface area contributed by atoms with Crippen molar-refractivity contribution in [2.75, 3.05) is 4.90 Å². The van der Waals surface area contributed by atoms with Gasteiger partial charge in [-0.25, -0.2) is 4.90 Å². The van der Waals surface area contributed by atoms with E-state index < -0.39 is 0 Å². The molecule has 4 rings (SSSR count). The van der Waals surface area contributed by atoms with Crippen LogP contribution < -0.4 is 4.90 Å². The van der Waals surface area contributed by atoms with E-state index in [9.17, 15) is 14.4 Å². The molecule has 3 aromatic carbocycles. The highest BCUT2D eigenvalue weighted by atomic mass is 16.2. The van der Waals surface area contributed by atoms with Gasteiger partial charge in [0.2, 0.25) is 0 Å². The van der Waals surface area contributed by atoms with Gasteiger partial charge in [-0.2, -0.15) is 0 Å². The van der Waals surface area contributed by atoms with E-state index in [2.05, 4.69) is 12.1 Å². The molecule has 0 fully saturated rings. The second kappa shape index (κ2) is 10.5. The number of rotatable bonds is 9. The Morgan fingerprint density at radius 1 is 0.697 bits per heavy atom. The minimum absolute atomic E-state index is 0.00278. The smallest absolute Gasteiger partial charge is 0.258 e. The third kappa shape index (κ3) is 5.80. The van der Waals surface area contributed by atoms with E-state index in [-0.39, 0.29) is 17.6 Å². The van der Waals surface area contributed by atoms with Gasteiger partial charge in [0.25, 0.3) is 11.8 Å². The molecule has 0 aliphatic carbocycles. The maximum absolute atomic E-state index is 12.2. The summed E-state index contributed by atoms with van der Waals surface area (Å²) in [5.41, 5.74) is 4.77. The van der Waals surface area contributed by atoms with Crippen LogP contribution in [-0.2, 0) is 22.4 Å². The van der Waals surface area contributed by atoms with E-state index in [0.29, 0.717) is 11.3 Å². The quantitative estimate of drug-likeness (QED) is 0.191. The first-order valence-electron chi connectivity index (χ1n) is 11.1. The summed E-state index contributed by atoms with van der Waals surface area (Å²) in [6.45, 7) is 0. The van der Waals surface area contributed by atoms with E-state index in [1.807, 2.05) is 72.8 Å². The molecule has 0 N–H and O–H groups in total. The molecule has 164 valence electrons. The van der Waals surface area contributed by atoms with Crippen molar-refractivity contribution in [2.45, 2.75) is 25.7 Å². The number of benzene rings is 3. The standard InChI is InChI=1S/C29H25NO3/c31-27(25-8-2-1-3-9-25)19-16-24-12-10-22(11-13-24)6-4-5-7-23-14-17-26(18-15-23)30-28(32)20-21-29(30)33/h1-3,8-21H,4-7H2. The van der Waals surface area contributed by atoms with Gasteiger partial charge in [0.1, 0.15) is 0 Å². The maximum atomic E-state index is 12.2. The number of hydrogen-bond acceptors (Lipinski definition) is 3. The fraction of sp³-hybridized carbons (Fsp3) is 0.138. The van der Waals surface area contributed by atoms with Crippen molar-refractivity contribution >= 4 is 29.4 Å². The van der Waals surface area contributed by atoms with Gasteiger partial charge in [0.05, 0.1) is 5.69 Å². The number of imide groups is 1. The van der Waals surface area contributed by atoms with Crippen LogP contribution in [0.2, 0.25) is 0 Å². The highest BCUT2D eigenvalue weighted by Gasteiger charge is 2.24. The third-order valence-corrected chi connectivity index (χ3v) is 5.65. The molecule has 0 bridgehead atoms. The minimum Gasteiger partial charge on any atom is -0.289 e. The number of aryl methyl sites for hydroxylation is 2. The molecule has 3 aromatic rings. The van der Waals surface area contributed by atoms with E-state index in [1.165, 1.54) is 28.2 Å². The van der Waals surface area contributed by atoms with Crippen LogP contribution >= 0.6 is 0 Å². The van der Waals surface area contributed by atoms with Crippen molar-refractivity contribution < 1.29 is 14.4 Å². The zero-order valence-electron chi connectivity index (χ0n) is 18.3.